The maximum Gasteiger partial charge on any atom is 0.150 e. The van der Waals surface area contributed by atoms with E-state index in [4.69, 9.17) is 14.3 Å². The molecule has 1 unspecified atom stereocenters. The van der Waals surface area contributed by atoms with Crippen molar-refractivity contribution in [3.63, 3.8) is 0 Å². The largest absolute Gasteiger partial charge is 0.493 e. The summed E-state index contributed by atoms with van der Waals surface area (Å²) in [5.41, 5.74) is 1.99. The van der Waals surface area contributed by atoms with E-state index in [1.54, 1.807) is 24.3 Å². The van der Waals surface area contributed by atoms with Crippen molar-refractivity contribution in [3.05, 3.63) is 72.0 Å². The fourth-order valence-electron chi connectivity index (χ4n) is 1.66. The number of carbonyl (C=O) groups is 3. The number of halogens is 1. The van der Waals surface area contributed by atoms with E-state index in [-0.39, 0.29) is 5.92 Å². The van der Waals surface area contributed by atoms with Gasteiger partial charge in [0.05, 0.1) is 6.61 Å². The summed E-state index contributed by atoms with van der Waals surface area (Å²) in [5.74, 6) is 0.537. The summed E-state index contributed by atoms with van der Waals surface area (Å²) in [6, 6.07) is 7.30. The van der Waals surface area contributed by atoms with Crippen LogP contribution in [0.25, 0.3) is 0 Å². The summed E-state index contributed by atoms with van der Waals surface area (Å²) in [6.45, 7) is 12.9. The Labute approximate surface area is 142 Å². The van der Waals surface area contributed by atoms with E-state index in [0.717, 1.165) is 11.8 Å². The van der Waals surface area contributed by atoms with Crippen LogP contribution in [0.15, 0.2) is 60.9 Å². The third-order valence-corrected chi connectivity index (χ3v) is 2.91. The lowest BCUT2D eigenvalue weighted by atomic mass is 10.0. The van der Waals surface area contributed by atoms with E-state index < -0.39 is 6.67 Å². The minimum Gasteiger partial charge on any atom is -0.493 e. The van der Waals surface area contributed by atoms with Gasteiger partial charge >= 0.3 is 0 Å². The lowest BCUT2D eigenvalue weighted by molar-refractivity contribution is -0.0987. The van der Waals surface area contributed by atoms with Gasteiger partial charge in [-0.05, 0) is 11.6 Å². The molecule has 0 fully saturated rings. The lowest BCUT2D eigenvalue weighted by Gasteiger charge is -2.16. The quantitative estimate of drug-likeness (QED) is 0.412. The molecule has 4 nitrogen and oxygen atoms in total. The van der Waals surface area contributed by atoms with E-state index in [1.807, 2.05) is 32.6 Å². The Bertz CT molecular complexity index is 533. The summed E-state index contributed by atoms with van der Waals surface area (Å²) < 4.78 is 18.2. The molecule has 1 aromatic rings. The Morgan fingerprint density at radius 1 is 1.21 bits per heavy atom. The number of alkyl halides is 1. The number of benzene rings is 1. The predicted molar refractivity (Wildman–Crippen MR) is 93.8 cm³/mol. The number of aldehydes is 1. The number of rotatable bonds is 8. The molecule has 0 radical (unpaired) electrons. The van der Waals surface area contributed by atoms with Crippen molar-refractivity contribution in [2.24, 2.45) is 0 Å². The molecule has 0 amide bonds. The van der Waals surface area contributed by atoms with Crippen LogP contribution in [0.2, 0.25) is 0 Å². The molecular formula is C19H23FO4. The lowest BCUT2D eigenvalue weighted by Crippen LogP contribution is -2.06. The second-order valence-electron chi connectivity index (χ2n) is 4.50. The first-order valence-corrected chi connectivity index (χ1v) is 6.94. The average Bonchev–Trinajstić information content (AvgIpc) is 2.67. The van der Waals surface area contributed by atoms with Crippen LogP contribution in [-0.4, -0.2) is 33.1 Å². The fraction of sp³-hybridized carbons (Fsp3) is 0.211. The van der Waals surface area contributed by atoms with Crippen molar-refractivity contribution >= 4 is 19.9 Å². The molecule has 0 aliphatic carbocycles. The predicted octanol–water partition coefficient (Wildman–Crippen LogP) is 3.85. The number of hydrogen-bond acceptors (Lipinski definition) is 4. The van der Waals surface area contributed by atoms with Crippen LogP contribution in [0.3, 0.4) is 0 Å². The molecule has 0 heterocycles. The number of hydrogen-bond donors (Lipinski definition) is 0. The molecule has 1 aromatic carbocycles. The molecule has 0 aliphatic heterocycles. The first-order valence-electron chi connectivity index (χ1n) is 6.94. The zero-order valence-electron chi connectivity index (χ0n) is 13.9. The number of allylic oxidation sites excluding steroid dienone is 3. The maximum atomic E-state index is 12.6. The Morgan fingerprint density at radius 3 is 2.17 bits per heavy atom. The van der Waals surface area contributed by atoms with Gasteiger partial charge in [-0.1, -0.05) is 50.4 Å². The standard InChI is InChI=1S/C17H19FO2.2CH2O/c1-4-5-17(13(2)10-18)20-12-14(3)16-8-6-15(11-19)7-9-16;2*1-2/h4-9,11,14H,1-2,10,12H2,3H3;2*1H2/b17-5+;;. The zero-order chi connectivity index (χ0) is 19.0. The Balaban J connectivity index is 0. The van der Waals surface area contributed by atoms with Crippen LogP contribution in [0.5, 0.6) is 0 Å². The number of ether oxygens (including phenoxy) is 1. The molecule has 130 valence electrons. The molecule has 0 aromatic heterocycles. The van der Waals surface area contributed by atoms with Crippen molar-refractivity contribution in [2.75, 3.05) is 13.3 Å². The summed E-state index contributed by atoms with van der Waals surface area (Å²) in [6.07, 6.45) is 3.95. The highest BCUT2D eigenvalue weighted by Crippen LogP contribution is 2.19. The molecule has 0 N–H and O–H groups in total. The van der Waals surface area contributed by atoms with Crippen molar-refractivity contribution < 1.29 is 23.5 Å². The van der Waals surface area contributed by atoms with Gasteiger partial charge in [-0.25, -0.2) is 4.39 Å². The molecule has 0 spiro atoms. The zero-order valence-corrected chi connectivity index (χ0v) is 13.9. The molecule has 0 saturated carbocycles. The summed E-state index contributed by atoms with van der Waals surface area (Å²) in [5, 5.41) is 0. The molecule has 5 heteroatoms. The topological polar surface area (TPSA) is 60.4 Å². The molecule has 1 rings (SSSR count). The van der Waals surface area contributed by atoms with Gasteiger partial charge in [-0.15, -0.1) is 0 Å². The van der Waals surface area contributed by atoms with E-state index in [1.165, 1.54) is 0 Å². The van der Waals surface area contributed by atoms with Gasteiger partial charge < -0.3 is 14.3 Å². The molecule has 0 saturated heterocycles. The van der Waals surface area contributed by atoms with Crippen LogP contribution >= 0.6 is 0 Å². The maximum absolute atomic E-state index is 12.6. The summed E-state index contributed by atoms with van der Waals surface area (Å²) >= 11 is 0. The van der Waals surface area contributed by atoms with Crippen molar-refractivity contribution in [2.45, 2.75) is 12.8 Å². The van der Waals surface area contributed by atoms with Gasteiger partial charge in [0.25, 0.3) is 0 Å². The molecular weight excluding hydrogens is 311 g/mol. The van der Waals surface area contributed by atoms with Crippen LogP contribution < -0.4 is 0 Å². The SMILES string of the molecule is C=C/C=C(/OCC(C)c1ccc(C=O)cc1)C(=C)CF.C=O.C=O. The van der Waals surface area contributed by atoms with Crippen LogP contribution in [-0.2, 0) is 14.3 Å². The van der Waals surface area contributed by atoms with Crippen LogP contribution in [0, 0.1) is 0 Å². The Kier molecular flexibility index (Phi) is 14.7. The smallest absolute Gasteiger partial charge is 0.150 e. The van der Waals surface area contributed by atoms with E-state index >= 15 is 0 Å². The normalized spacial score (nSPS) is 10.8. The highest BCUT2D eigenvalue weighted by molar-refractivity contribution is 5.74. The molecule has 0 bridgehead atoms. The average molecular weight is 334 g/mol. The summed E-state index contributed by atoms with van der Waals surface area (Å²) in [7, 11) is 0. The second-order valence-corrected chi connectivity index (χ2v) is 4.50. The minimum absolute atomic E-state index is 0.122. The third-order valence-electron chi connectivity index (χ3n) is 2.91. The molecule has 0 aliphatic rings. The Morgan fingerprint density at radius 2 is 1.75 bits per heavy atom. The Hall–Kier alpha value is -2.82. The van der Waals surface area contributed by atoms with Crippen LogP contribution in [0.4, 0.5) is 4.39 Å². The van der Waals surface area contributed by atoms with Gasteiger partial charge in [0.15, 0.2) is 0 Å². The van der Waals surface area contributed by atoms with Crippen molar-refractivity contribution in [1.29, 1.82) is 0 Å². The number of carbonyl (C=O) groups excluding carboxylic acids is 3. The monoisotopic (exact) mass is 334 g/mol. The van der Waals surface area contributed by atoms with E-state index in [9.17, 15) is 9.18 Å². The first kappa shape index (κ1) is 23.4. The van der Waals surface area contributed by atoms with Gasteiger partial charge in [0.1, 0.15) is 32.3 Å². The summed E-state index contributed by atoms with van der Waals surface area (Å²) in [4.78, 5) is 26.6. The second kappa shape index (κ2) is 15.1. The molecule has 1 atom stereocenters. The van der Waals surface area contributed by atoms with Crippen LogP contribution in [0.1, 0.15) is 28.8 Å². The van der Waals surface area contributed by atoms with Gasteiger partial charge in [-0.3, -0.25) is 4.79 Å². The van der Waals surface area contributed by atoms with E-state index in [0.29, 0.717) is 23.5 Å². The van der Waals surface area contributed by atoms with Gasteiger partial charge in [-0.2, -0.15) is 0 Å². The highest BCUT2D eigenvalue weighted by Gasteiger charge is 2.09. The fourth-order valence-corrected chi connectivity index (χ4v) is 1.66. The third kappa shape index (κ3) is 8.58. The first-order chi connectivity index (χ1) is 11.6. The molecule has 24 heavy (non-hydrogen) atoms. The van der Waals surface area contributed by atoms with Gasteiger partial charge in [0.2, 0.25) is 0 Å². The van der Waals surface area contributed by atoms with Gasteiger partial charge in [0, 0.05) is 17.1 Å². The minimum atomic E-state index is -0.651. The van der Waals surface area contributed by atoms with E-state index in [2.05, 4.69) is 13.2 Å². The van der Waals surface area contributed by atoms with Crippen molar-refractivity contribution in [3.8, 4) is 0 Å². The highest BCUT2D eigenvalue weighted by atomic mass is 19.1. The van der Waals surface area contributed by atoms with Crippen molar-refractivity contribution in [1.82, 2.24) is 0 Å².